The highest BCUT2D eigenvalue weighted by atomic mass is 16.5. The fourth-order valence-corrected chi connectivity index (χ4v) is 1.97. The van der Waals surface area contributed by atoms with E-state index in [1.165, 1.54) is 10.8 Å². The lowest BCUT2D eigenvalue weighted by molar-refractivity contribution is -0.0458. The monoisotopic (exact) mass is 265 g/mol. The van der Waals surface area contributed by atoms with E-state index in [0.29, 0.717) is 5.56 Å². The lowest BCUT2D eigenvalue weighted by atomic mass is 10.2. The van der Waals surface area contributed by atoms with Crippen molar-refractivity contribution >= 4 is 5.82 Å². The van der Waals surface area contributed by atoms with Gasteiger partial charge in [-0.05, 0) is 6.92 Å². The zero-order valence-electron chi connectivity index (χ0n) is 10.4. The molecule has 19 heavy (non-hydrogen) atoms. The third-order valence-electron chi connectivity index (χ3n) is 2.94. The van der Waals surface area contributed by atoms with Crippen molar-refractivity contribution in [3.8, 4) is 11.8 Å². The van der Waals surface area contributed by atoms with Gasteiger partial charge in [0.1, 0.15) is 18.1 Å². The van der Waals surface area contributed by atoms with Crippen LogP contribution in [0.2, 0.25) is 0 Å². The first-order valence-corrected chi connectivity index (χ1v) is 5.82. The van der Waals surface area contributed by atoms with Crippen molar-refractivity contribution in [2.45, 2.75) is 31.8 Å². The van der Waals surface area contributed by atoms with Crippen LogP contribution in [-0.2, 0) is 4.74 Å². The molecular formula is C12H15N3O4. The summed E-state index contributed by atoms with van der Waals surface area (Å²) in [6.45, 7) is 1.34. The quantitative estimate of drug-likeness (QED) is 0.582. The van der Waals surface area contributed by atoms with Crippen LogP contribution in [-0.4, -0.2) is 38.6 Å². The van der Waals surface area contributed by atoms with Crippen LogP contribution < -0.4 is 11.4 Å². The molecule has 1 saturated heterocycles. The summed E-state index contributed by atoms with van der Waals surface area (Å²) in [5.74, 6) is 5.48. The highest BCUT2D eigenvalue weighted by Crippen LogP contribution is 2.27. The molecule has 3 unspecified atom stereocenters. The number of hydrogen-bond donors (Lipinski definition) is 3. The van der Waals surface area contributed by atoms with E-state index >= 15 is 0 Å². The summed E-state index contributed by atoms with van der Waals surface area (Å²) in [7, 11) is 0. The highest BCUT2D eigenvalue weighted by Gasteiger charge is 2.35. The number of rotatable bonds is 2. The third kappa shape index (κ3) is 2.61. The standard InChI is InChI=1S/C12H15N3O4/c1-2-3-7-5-15(12(18)14-11(7)13)10-4-8(17)9(6-16)19-10/h5,8-10,16-17H,4,6H2,1H3,(H2,13,14,18). The Hall–Kier alpha value is -1.88. The van der Waals surface area contributed by atoms with E-state index in [0.717, 1.165) is 0 Å². The number of aliphatic hydroxyl groups is 2. The van der Waals surface area contributed by atoms with Gasteiger partial charge in [0.05, 0.1) is 18.3 Å². The minimum Gasteiger partial charge on any atom is -0.394 e. The average Bonchev–Trinajstić information content (AvgIpc) is 2.74. The molecule has 0 radical (unpaired) electrons. The highest BCUT2D eigenvalue weighted by molar-refractivity contribution is 5.48. The fourth-order valence-electron chi connectivity index (χ4n) is 1.97. The molecule has 2 rings (SSSR count). The number of nitrogens with two attached hydrogens (primary N) is 1. The Morgan fingerprint density at radius 1 is 1.68 bits per heavy atom. The first-order chi connectivity index (χ1) is 9.06. The summed E-state index contributed by atoms with van der Waals surface area (Å²) in [6, 6.07) is 0. The fraction of sp³-hybridized carbons (Fsp3) is 0.500. The normalized spacial score (nSPS) is 25.9. The molecule has 1 aliphatic rings. The molecule has 1 aromatic heterocycles. The number of aromatic nitrogens is 2. The zero-order valence-corrected chi connectivity index (χ0v) is 10.4. The predicted molar refractivity (Wildman–Crippen MR) is 67.1 cm³/mol. The van der Waals surface area contributed by atoms with E-state index in [-0.39, 0.29) is 18.8 Å². The van der Waals surface area contributed by atoms with Gasteiger partial charge in [-0.1, -0.05) is 5.92 Å². The van der Waals surface area contributed by atoms with Crippen molar-refractivity contribution in [2.24, 2.45) is 0 Å². The minimum atomic E-state index is -0.819. The van der Waals surface area contributed by atoms with Crippen molar-refractivity contribution in [3.05, 3.63) is 22.2 Å². The molecular weight excluding hydrogens is 250 g/mol. The molecule has 7 heteroatoms. The summed E-state index contributed by atoms with van der Waals surface area (Å²) >= 11 is 0. The van der Waals surface area contributed by atoms with E-state index in [4.69, 9.17) is 15.6 Å². The number of aliphatic hydroxyl groups excluding tert-OH is 2. The summed E-state index contributed by atoms with van der Waals surface area (Å²) in [6.07, 6.45) is -0.533. The third-order valence-corrected chi connectivity index (χ3v) is 2.94. The van der Waals surface area contributed by atoms with E-state index in [1.807, 2.05) is 0 Å². The largest absolute Gasteiger partial charge is 0.394 e. The van der Waals surface area contributed by atoms with Crippen LogP contribution in [0.5, 0.6) is 0 Å². The lowest BCUT2D eigenvalue weighted by Gasteiger charge is -2.14. The smallest absolute Gasteiger partial charge is 0.351 e. The van der Waals surface area contributed by atoms with Gasteiger partial charge in [0.15, 0.2) is 0 Å². The Morgan fingerprint density at radius 2 is 2.42 bits per heavy atom. The van der Waals surface area contributed by atoms with Crippen molar-refractivity contribution in [1.29, 1.82) is 0 Å². The van der Waals surface area contributed by atoms with Gasteiger partial charge in [-0.3, -0.25) is 4.57 Å². The van der Waals surface area contributed by atoms with Gasteiger partial charge in [-0.25, -0.2) is 4.79 Å². The minimum absolute atomic E-state index is 0.0628. The zero-order chi connectivity index (χ0) is 14.0. The first kappa shape index (κ1) is 13.5. The molecule has 0 spiro atoms. The lowest BCUT2D eigenvalue weighted by Crippen LogP contribution is -2.28. The molecule has 3 atom stereocenters. The second-order valence-corrected chi connectivity index (χ2v) is 4.22. The molecule has 1 fully saturated rings. The van der Waals surface area contributed by atoms with Gasteiger partial charge in [-0.15, -0.1) is 5.92 Å². The maximum Gasteiger partial charge on any atom is 0.351 e. The molecule has 0 aliphatic carbocycles. The summed E-state index contributed by atoms with van der Waals surface area (Å²) in [4.78, 5) is 15.5. The molecule has 4 N–H and O–H groups in total. The number of nitrogen functional groups attached to an aromatic ring is 1. The molecule has 0 aromatic carbocycles. The van der Waals surface area contributed by atoms with Gasteiger partial charge < -0.3 is 20.7 Å². The Kier molecular flexibility index (Phi) is 3.85. The van der Waals surface area contributed by atoms with E-state index < -0.39 is 24.1 Å². The number of nitrogens with zero attached hydrogens (tertiary/aromatic N) is 2. The molecule has 0 saturated carbocycles. The van der Waals surface area contributed by atoms with Gasteiger partial charge in [0.25, 0.3) is 0 Å². The number of anilines is 1. The average molecular weight is 265 g/mol. The topological polar surface area (TPSA) is 111 Å². The van der Waals surface area contributed by atoms with Gasteiger partial charge in [0.2, 0.25) is 0 Å². The Bertz CT molecular complexity index is 587. The van der Waals surface area contributed by atoms with Crippen LogP contribution in [0, 0.1) is 11.8 Å². The molecule has 1 aromatic rings. The van der Waals surface area contributed by atoms with E-state index in [1.54, 1.807) is 6.92 Å². The Labute approximate surface area is 109 Å². The number of ether oxygens (including phenoxy) is 1. The van der Waals surface area contributed by atoms with Crippen LogP contribution >= 0.6 is 0 Å². The second kappa shape index (κ2) is 5.40. The molecule has 1 aliphatic heterocycles. The summed E-state index contributed by atoms with van der Waals surface area (Å²) < 4.78 is 6.63. The maximum absolute atomic E-state index is 11.8. The Balaban J connectivity index is 2.37. The molecule has 0 amide bonds. The summed E-state index contributed by atoms with van der Waals surface area (Å²) in [5.41, 5.74) is 5.45. The Morgan fingerprint density at radius 3 is 3.00 bits per heavy atom. The van der Waals surface area contributed by atoms with Crippen LogP contribution in [0.1, 0.15) is 25.1 Å². The number of hydrogen-bond acceptors (Lipinski definition) is 6. The van der Waals surface area contributed by atoms with Crippen LogP contribution in [0.25, 0.3) is 0 Å². The maximum atomic E-state index is 11.8. The van der Waals surface area contributed by atoms with Crippen molar-refractivity contribution in [2.75, 3.05) is 12.3 Å². The molecule has 2 heterocycles. The summed E-state index contributed by atoms with van der Waals surface area (Å²) in [5, 5.41) is 18.7. The van der Waals surface area contributed by atoms with Gasteiger partial charge in [0, 0.05) is 12.6 Å². The van der Waals surface area contributed by atoms with Crippen molar-refractivity contribution < 1.29 is 14.9 Å². The van der Waals surface area contributed by atoms with Crippen LogP contribution in [0.4, 0.5) is 5.82 Å². The van der Waals surface area contributed by atoms with Gasteiger partial charge >= 0.3 is 5.69 Å². The molecule has 0 bridgehead atoms. The predicted octanol–water partition coefficient (Wildman–Crippen LogP) is -1.16. The van der Waals surface area contributed by atoms with E-state index in [9.17, 15) is 9.90 Å². The first-order valence-electron chi connectivity index (χ1n) is 5.82. The molecule has 7 nitrogen and oxygen atoms in total. The van der Waals surface area contributed by atoms with Crippen LogP contribution in [0.15, 0.2) is 11.0 Å². The second-order valence-electron chi connectivity index (χ2n) is 4.22. The van der Waals surface area contributed by atoms with Crippen LogP contribution in [0.3, 0.4) is 0 Å². The van der Waals surface area contributed by atoms with Gasteiger partial charge in [-0.2, -0.15) is 4.98 Å². The molecule has 102 valence electrons. The van der Waals surface area contributed by atoms with Crippen molar-refractivity contribution in [1.82, 2.24) is 9.55 Å². The SMILES string of the molecule is CC#Cc1cn(C2CC(O)C(CO)O2)c(=O)nc1N. The van der Waals surface area contributed by atoms with E-state index in [2.05, 4.69) is 16.8 Å². The van der Waals surface area contributed by atoms with Crippen molar-refractivity contribution in [3.63, 3.8) is 0 Å².